The van der Waals surface area contributed by atoms with Crippen LogP contribution in [0.25, 0.3) is 0 Å². The molecule has 2 amide bonds. The number of halogens is 1. The minimum Gasteiger partial charge on any atom is -0.366 e. The van der Waals surface area contributed by atoms with Crippen molar-refractivity contribution < 1.29 is 14.0 Å². The molecule has 3 aliphatic rings. The second kappa shape index (κ2) is 9.33. The van der Waals surface area contributed by atoms with Gasteiger partial charge < -0.3 is 20.0 Å². The van der Waals surface area contributed by atoms with Gasteiger partial charge in [0, 0.05) is 58.3 Å². The molecule has 1 aromatic carbocycles. The van der Waals surface area contributed by atoms with Crippen molar-refractivity contribution in [3.05, 3.63) is 30.1 Å². The highest BCUT2D eigenvalue weighted by atomic mass is 19.1. The predicted octanol–water partition coefficient (Wildman–Crippen LogP) is 2.24. The van der Waals surface area contributed by atoms with Gasteiger partial charge in [-0.1, -0.05) is 18.6 Å². The van der Waals surface area contributed by atoms with Gasteiger partial charge in [-0.05, 0) is 37.8 Å². The van der Waals surface area contributed by atoms with Gasteiger partial charge in [-0.25, -0.2) is 4.39 Å². The Morgan fingerprint density at radius 3 is 2.30 bits per heavy atom. The number of hydrogen-bond donors (Lipinski definition) is 1. The molecule has 164 valence electrons. The Labute approximate surface area is 178 Å². The van der Waals surface area contributed by atoms with Gasteiger partial charge in [0.2, 0.25) is 11.8 Å². The number of anilines is 1. The number of para-hydroxylation sites is 1. The number of hydrogen-bond acceptors (Lipinski definition) is 4. The Bertz CT molecular complexity index is 761. The van der Waals surface area contributed by atoms with E-state index in [0.29, 0.717) is 51.0 Å². The van der Waals surface area contributed by atoms with Crippen LogP contribution < -0.4 is 10.2 Å². The quantitative estimate of drug-likeness (QED) is 0.818. The maximum absolute atomic E-state index is 14.1. The van der Waals surface area contributed by atoms with Crippen LogP contribution in [0.1, 0.15) is 39.0 Å². The number of likely N-dealkylation sites (tertiary alicyclic amines) is 1. The second-order valence-corrected chi connectivity index (χ2v) is 8.95. The van der Waals surface area contributed by atoms with Gasteiger partial charge in [0.15, 0.2) is 0 Å². The molecule has 0 radical (unpaired) electrons. The van der Waals surface area contributed by atoms with Crippen LogP contribution in [-0.2, 0) is 9.59 Å². The zero-order valence-electron chi connectivity index (χ0n) is 17.9. The lowest BCUT2D eigenvalue weighted by molar-refractivity contribution is -0.138. The van der Waals surface area contributed by atoms with E-state index in [2.05, 4.69) is 5.32 Å². The molecule has 7 heteroatoms. The number of carbonyl (C=O) groups excluding carboxylic acids is 2. The lowest BCUT2D eigenvalue weighted by atomic mass is 9.91. The van der Waals surface area contributed by atoms with Crippen molar-refractivity contribution in [1.29, 1.82) is 0 Å². The van der Waals surface area contributed by atoms with Crippen molar-refractivity contribution in [3.8, 4) is 0 Å². The number of nitrogens with one attached hydrogen (secondary N) is 1. The normalized spacial score (nSPS) is 25.6. The Kier molecular flexibility index (Phi) is 6.56. The fourth-order valence-electron chi connectivity index (χ4n) is 4.83. The molecule has 2 heterocycles. The Hall–Kier alpha value is -2.15. The molecule has 0 aromatic heterocycles. The summed E-state index contributed by atoms with van der Waals surface area (Å²) in [7, 11) is 0. The third-order valence-corrected chi connectivity index (χ3v) is 6.90. The highest BCUT2D eigenvalue weighted by Gasteiger charge is 2.34. The number of carbonyl (C=O) groups is 2. The monoisotopic (exact) mass is 416 g/mol. The van der Waals surface area contributed by atoms with E-state index in [4.69, 9.17) is 0 Å². The van der Waals surface area contributed by atoms with Gasteiger partial charge in [-0.15, -0.1) is 0 Å². The smallest absolute Gasteiger partial charge is 0.227 e. The lowest BCUT2D eigenvalue weighted by Gasteiger charge is -2.38. The van der Waals surface area contributed by atoms with E-state index < -0.39 is 0 Å². The first-order valence-electron chi connectivity index (χ1n) is 11.3. The molecule has 6 nitrogen and oxygen atoms in total. The Balaban J connectivity index is 1.35. The van der Waals surface area contributed by atoms with Crippen LogP contribution in [0, 0.1) is 11.7 Å². The zero-order chi connectivity index (χ0) is 21.1. The molecule has 0 bridgehead atoms. The van der Waals surface area contributed by atoms with Crippen molar-refractivity contribution in [2.24, 2.45) is 5.92 Å². The van der Waals surface area contributed by atoms with E-state index in [-0.39, 0.29) is 29.6 Å². The third kappa shape index (κ3) is 4.77. The number of piperazine rings is 1. The van der Waals surface area contributed by atoms with Crippen LogP contribution in [-0.4, -0.2) is 73.0 Å². The molecular formula is C23H33FN4O2. The summed E-state index contributed by atoms with van der Waals surface area (Å²) in [6.45, 7) is 5.23. The molecule has 4 rings (SSSR count). The molecule has 2 saturated heterocycles. The van der Waals surface area contributed by atoms with E-state index in [9.17, 15) is 14.0 Å². The standard InChI is InChI=1S/C23H33FN4O2/c1-17(29)28-15-18(9-10-20(16-28)25-19-5-4-6-19)23(30)27-13-11-26(12-14-27)22-8-3-2-7-21(22)24/h2-3,7-8,18-20,25H,4-6,9-16H2,1H3/t18-,20+/m1/s1. The summed E-state index contributed by atoms with van der Waals surface area (Å²) in [6.07, 6.45) is 5.43. The maximum Gasteiger partial charge on any atom is 0.227 e. The highest BCUT2D eigenvalue weighted by Crippen LogP contribution is 2.25. The van der Waals surface area contributed by atoms with Crippen LogP contribution in [0.4, 0.5) is 10.1 Å². The predicted molar refractivity (Wildman–Crippen MR) is 115 cm³/mol. The summed E-state index contributed by atoms with van der Waals surface area (Å²) in [6, 6.07) is 7.64. The van der Waals surface area contributed by atoms with Crippen LogP contribution in [0.3, 0.4) is 0 Å². The lowest BCUT2D eigenvalue weighted by Crippen LogP contribution is -2.52. The Morgan fingerprint density at radius 2 is 1.67 bits per heavy atom. The average Bonchev–Trinajstić information content (AvgIpc) is 2.94. The minimum atomic E-state index is -0.219. The van der Waals surface area contributed by atoms with Gasteiger partial charge in [-0.3, -0.25) is 9.59 Å². The summed E-state index contributed by atoms with van der Waals surface area (Å²) < 4.78 is 14.1. The van der Waals surface area contributed by atoms with Gasteiger partial charge in [0.25, 0.3) is 0 Å². The first kappa shape index (κ1) is 21.1. The molecule has 3 fully saturated rings. The van der Waals surface area contributed by atoms with E-state index in [1.165, 1.54) is 25.3 Å². The fourth-order valence-corrected chi connectivity index (χ4v) is 4.83. The SMILES string of the molecule is CC(=O)N1C[C@@H](NC2CCC2)CC[C@@H](C(=O)N2CCN(c3ccccc3F)CC2)C1. The van der Waals surface area contributed by atoms with E-state index in [0.717, 1.165) is 12.8 Å². The number of rotatable bonds is 4. The largest absolute Gasteiger partial charge is 0.366 e. The first-order valence-corrected chi connectivity index (χ1v) is 11.3. The molecule has 1 aromatic rings. The summed E-state index contributed by atoms with van der Waals surface area (Å²) in [4.78, 5) is 31.2. The van der Waals surface area contributed by atoms with Crippen molar-refractivity contribution in [3.63, 3.8) is 0 Å². The molecule has 30 heavy (non-hydrogen) atoms. The van der Waals surface area contributed by atoms with E-state index in [1.807, 2.05) is 20.8 Å². The van der Waals surface area contributed by atoms with Crippen molar-refractivity contribution in [2.75, 3.05) is 44.2 Å². The van der Waals surface area contributed by atoms with Crippen molar-refractivity contribution in [2.45, 2.75) is 51.1 Å². The van der Waals surface area contributed by atoms with Crippen molar-refractivity contribution in [1.82, 2.24) is 15.1 Å². The minimum absolute atomic E-state index is 0.0412. The van der Waals surface area contributed by atoms with Gasteiger partial charge in [-0.2, -0.15) is 0 Å². The van der Waals surface area contributed by atoms with Crippen LogP contribution in [0.2, 0.25) is 0 Å². The molecule has 1 N–H and O–H groups in total. The van der Waals surface area contributed by atoms with E-state index >= 15 is 0 Å². The second-order valence-electron chi connectivity index (χ2n) is 8.95. The fraction of sp³-hybridized carbons (Fsp3) is 0.652. The molecule has 2 atom stereocenters. The van der Waals surface area contributed by atoms with Crippen LogP contribution in [0.5, 0.6) is 0 Å². The average molecular weight is 417 g/mol. The summed E-state index contributed by atoms with van der Waals surface area (Å²) in [5.41, 5.74) is 0.603. The maximum atomic E-state index is 14.1. The van der Waals surface area contributed by atoms with Gasteiger partial charge >= 0.3 is 0 Å². The van der Waals surface area contributed by atoms with Gasteiger partial charge in [0.05, 0.1) is 11.6 Å². The molecular weight excluding hydrogens is 383 g/mol. The molecule has 0 unspecified atom stereocenters. The third-order valence-electron chi connectivity index (χ3n) is 6.90. The van der Waals surface area contributed by atoms with Crippen LogP contribution >= 0.6 is 0 Å². The number of benzene rings is 1. The number of amides is 2. The molecule has 1 aliphatic carbocycles. The van der Waals surface area contributed by atoms with Crippen molar-refractivity contribution >= 4 is 17.5 Å². The van der Waals surface area contributed by atoms with Crippen LogP contribution in [0.15, 0.2) is 24.3 Å². The molecule has 1 saturated carbocycles. The molecule has 0 spiro atoms. The first-order chi connectivity index (χ1) is 14.5. The molecule has 2 aliphatic heterocycles. The van der Waals surface area contributed by atoms with Gasteiger partial charge in [0.1, 0.15) is 5.82 Å². The summed E-state index contributed by atoms with van der Waals surface area (Å²) >= 11 is 0. The van der Waals surface area contributed by atoms with E-state index in [1.54, 1.807) is 19.1 Å². The highest BCUT2D eigenvalue weighted by molar-refractivity contribution is 5.81. The summed E-state index contributed by atoms with van der Waals surface area (Å²) in [5, 5.41) is 3.69. The topological polar surface area (TPSA) is 55.9 Å². The Morgan fingerprint density at radius 1 is 0.933 bits per heavy atom. The zero-order valence-corrected chi connectivity index (χ0v) is 17.9. The number of nitrogens with zero attached hydrogens (tertiary/aromatic N) is 3. The summed E-state index contributed by atoms with van der Waals surface area (Å²) in [5.74, 6) is -0.191.